The number of rotatable bonds is 2. The van der Waals surface area contributed by atoms with E-state index in [2.05, 4.69) is 9.97 Å². The number of furan rings is 1. The summed E-state index contributed by atoms with van der Waals surface area (Å²) in [5.74, 6) is -0.742. The average Bonchev–Trinajstić information content (AvgIpc) is 3.31. The van der Waals surface area contributed by atoms with Crippen LogP contribution in [0.25, 0.3) is 33.5 Å². The molecule has 0 bridgehead atoms. The van der Waals surface area contributed by atoms with Crippen molar-refractivity contribution in [2.45, 2.75) is 0 Å². The summed E-state index contributed by atoms with van der Waals surface area (Å²) < 4.78 is 34.5. The molecular weight excluding hydrogens is 372 g/mol. The van der Waals surface area contributed by atoms with Gasteiger partial charge in [-0.05, 0) is 36.4 Å². The van der Waals surface area contributed by atoms with Crippen LogP contribution in [0.3, 0.4) is 0 Å². The maximum Gasteiger partial charge on any atom is 0.276 e. The number of pyridine rings is 1. The largest absolute Gasteiger partial charge is 0.457 e. The monoisotopic (exact) mass is 381 g/mol. The van der Waals surface area contributed by atoms with E-state index in [0.717, 1.165) is 12.1 Å². The van der Waals surface area contributed by atoms with Crippen molar-refractivity contribution in [1.82, 2.24) is 14.4 Å². The molecule has 0 saturated heterocycles. The molecule has 4 aromatic heterocycles. The quantitative estimate of drug-likeness (QED) is 0.470. The number of nitrogens with zero attached hydrogens (tertiary/aromatic N) is 3. The molecule has 0 saturated carbocycles. The van der Waals surface area contributed by atoms with E-state index in [-0.39, 0.29) is 16.9 Å². The van der Waals surface area contributed by atoms with Gasteiger partial charge >= 0.3 is 0 Å². The van der Waals surface area contributed by atoms with E-state index in [9.17, 15) is 13.6 Å². The summed E-state index contributed by atoms with van der Waals surface area (Å²) in [7, 11) is 0. The topological polar surface area (TPSA) is 60.4 Å². The summed E-state index contributed by atoms with van der Waals surface area (Å²) in [6.45, 7) is 0. The summed E-state index contributed by atoms with van der Waals surface area (Å²) in [6, 6.07) is 10.0. The molecule has 0 atom stereocenters. The molecule has 0 aliphatic heterocycles. The fraction of sp³-hybridized carbons (Fsp3) is 0. The van der Waals surface area contributed by atoms with E-state index in [4.69, 9.17) is 4.42 Å². The second-order valence-corrected chi connectivity index (χ2v) is 6.83. The van der Waals surface area contributed by atoms with E-state index >= 15 is 0 Å². The molecule has 0 N–H and O–H groups in total. The maximum absolute atomic E-state index is 13.9. The number of hydrogen-bond donors (Lipinski definition) is 0. The summed E-state index contributed by atoms with van der Waals surface area (Å²) in [5, 5.41) is 0. The maximum atomic E-state index is 13.9. The smallest absolute Gasteiger partial charge is 0.276 e. The van der Waals surface area contributed by atoms with Crippen molar-refractivity contribution < 1.29 is 13.2 Å². The highest BCUT2D eigenvalue weighted by Crippen LogP contribution is 2.26. The van der Waals surface area contributed by atoms with E-state index in [1.807, 2.05) is 0 Å². The van der Waals surface area contributed by atoms with Gasteiger partial charge in [0, 0.05) is 18.3 Å². The van der Waals surface area contributed by atoms with Crippen LogP contribution in [0, 0.1) is 11.6 Å². The van der Waals surface area contributed by atoms with Gasteiger partial charge < -0.3 is 4.42 Å². The van der Waals surface area contributed by atoms with Gasteiger partial charge in [-0.15, -0.1) is 0 Å². The van der Waals surface area contributed by atoms with Crippen molar-refractivity contribution in [3.05, 3.63) is 80.9 Å². The molecule has 0 unspecified atom stereocenters. The zero-order valence-electron chi connectivity index (χ0n) is 13.5. The molecule has 0 aliphatic carbocycles. The third-order valence-electron chi connectivity index (χ3n) is 4.10. The van der Waals surface area contributed by atoms with E-state index < -0.39 is 11.6 Å². The minimum Gasteiger partial charge on any atom is -0.457 e. The number of benzene rings is 1. The van der Waals surface area contributed by atoms with Gasteiger partial charge in [0.1, 0.15) is 33.2 Å². The first-order chi connectivity index (χ1) is 13.1. The van der Waals surface area contributed by atoms with Crippen LogP contribution in [0.15, 0.2) is 57.9 Å². The molecule has 0 fully saturated rings. The van der Waals surface area contributed by atoms with E-state index in [0.29, 0.717) is 26.4 Å². The van der Waals surface area contributed by atoms with Gasteiger partial charge in [-0.25, -0.2) is 23.1 Å². The Bertz CT molecular complexity index is 1430. The molecular formula is C19H9F2N3O2S. The first kappa shape index (κ1) is 15.8. The Morgan fingerprint density at radius 2 is 2.04 bits per heavy atom. The van der Waals surface area contributed by atoms with Gasteiger partial charge in [-0.3, -0.25) is 4.79 Å². The van der Waals surface area contributed by atoms with Crippen molar-refractivity contribution in [1.29, 1.82) is 0 Å². The summed E-state index contributed by atoms with van der Waals surface area (Å²) in [6.07, 6.45) is 3.17. The summed E-state index contributed by atoms with van der Waals surface area (Å²) in [5.41, 5.74) is 1.05. The molecule has 0 radical (unpaired) electrons. The third-order valence-corrected chi connectivity index (χ3v) is 5.07. The Hall–Kier alpha value is -3.39. The number of aromatic nitrogens is 3. The lowest BCUT2D eigenvalue weighted by Gasteiger charge is -1.98. The second-order valence-electron chi connectivity index (χ2n) is 5.82. The average molecular weight is 381 g/mol. The molecule has 0 spiro atoms. The third kappa shape index (κ3) is 2.53. The number of halogens is 2. The van der Waals surface area contributed by atoms with E-state index in [1.165, 1.54) is 21.8 Å². The van der Waals surface area contributed by atoms with E-state index in [1.54, 1.807) is 36.5 Å². The van der Waals surface area contributed by atoms with Gasteiger partial charge in [0.15, 0.2) is 10.6 Å². The highest BCUT2D eigenvalue weighted by molar-refractivity contribution is 7.15. The van der Waals surface area contributed by atoms with Crippen LogP contribution in [-0.4, -0.2) is 14.4 Å². The molecule has 4 heterocycles. The fourth-order valence-electron chi connectivity index (χ4n) is 2.88. The van der Waals surface area contributed by atoms with Crippen LogP contribution in [0.2, 0.25) is 0 Å². The fourth-order valence-corrected chi connectivity index (χ4v) is 3.84. The lowest BCUT2D eigenvalue weighted by Crippen LogP contribution is -2.22. The van der Waals surface area contributed by atoms with Crippen LogP contribution >= 0.6 is 11.3 Å². The first-order valence-corrected chi connectivity index (χ1v) is 8.75. The van der Waals surface area contributed by atoms with Gasteiger partial charge in [0.2, 0.25) is 0 Å². The minimum absolute atomic E-state index is 0.148. The standard InChI is InChI=1S/C19H9F2N3O2S/c20-10-3-5-12(13(21)8-10)15-6-4-11(26-15)9-16-18(25)24-17-14(2-1-7-22-17)23-19(24)27-16/h1-9H/b16-9-. The minimum atomic E-state index is -0.715. The molecule has 5 nitrogen and oxygen atoms in total. The normalized spacial score (nSPS) is 12.4. The molecule has 8 heteroatoms. The van der Waals surface area contributed by atoms with Crippen molar-refractivity contribution in [2.24, 2.45) is 0 Å². The van der Waals surface area contributed by atoms with Crippen molar-refractivity contribution in [2.75, 3.05) is 0 Å². The van der Waals surface area contributed by atoms with Gasteiger partial charge in [-0.1, -0.05) is 11.3 Å². The van der Waals surface area contributed by atoms with Crippen molar-refractivity contribution in [3.63, 3.8) is 0 Å². The lowest BCUT2D eigenvalue weighted by atomic mass is 10.1. The highest BCUT2D eigenvalue weighted by atomic mass is 32.1. The number of fused-ring (bicyclic) bond motifs is 3. The van der Waals surface area contributed by atoms with Crippen molar-refractivity contribution >= 4 is 33.5 Å². The summed E-state index contributed by atoms with van der Waals surface area (Å²) >= 11 is 1.21. The Morgan fingerprint density at radius 3 is 2.89 bits per heavy atom. The zero-order valence-corrected chi connectivity index (χ0v) is 14.3. The second kappa shape index (κ2) is 5.82. The molecule has 132 valence electrons. The van der Waals surface area contributed by atoms with Gasteiger partial charge in [-0.2, -0.15) is 0 Å². The number of thiazole rings is 1. The molecule has 0 amide bonds. The lowest BCUT2D eigenvalue weighted by molar-refractivity contribution is 0.554. The van der Waals surface area contributed by atoms with Crippen LogP contribution in [0.4, 0.5) is 8.78 Å². The van der Waals surface area contributed by atoms with Crippen molar-refractivity contribution in [3.8, 4) is 11.3 Å². The Morgan fingerprint density at radius 1 is 1.15 bits per heavy atom. The molecule has 5 aromatic rings. The first-order valence-electron chi connectivity index (χ1n) is 7.93. The van der Waals surface area contributed by atoms with Gasteiger partial charge in [0.05, 0.1) is 5.56 Å². The SMILES string of the molecule is O=c1/c(=C/c2ccc(-c3ccc(F)cc3F)o2)sc2nc3cccnc3n12. The zero-order chi connectivity index (χ0) is 18.5. The van der Waals surface area contributed by atoms with Crippen LogP contribution < -0.4 is 10.1 Å². The van der Waals surface area contributed by atoms with Crippen LogP contribution in [0.1, 0.15) is 5.76 Å². The predicted molar refractivity (Wildman–Crippen MR) is 97.5 cm³/mol. The molecule has 5 rings (SSSR count). The summed E-state index contributed by atoms with van der Waals surface area (Å²) in [4.78, 5) is 21.8. The molecule has 0 aliphatic rings. The predicted octanol–water partition coefficient (Wildman–Crippen LogP) is 3.39. The Balaban J connectivity index is 1.62. The number of imidazole rings is 1. The van der Waals surface area contributed by atoms with Gasteiger partial charge in [0.25, 0.3) is 5.56 Å². The number of hydrogen-bond acceptors (Lipinski definition) is 5. The van der Waals surface area contributed by atoms with Crippen LogP contribution in [-0.2, 0) is 0 Å². The highest BCUT2D eigenvalue weighted by Gasteiger charge is 2.13. The van der Waals surface area contributed by atoms with Crippen LogP contribution in [0.5, 0.6) is 0 Å². The Labute approximate surface area is 153 Å². The molecule has 1 aromatic carbocycles. The Kier molecular flexibility index (Phi) is 3.41. The molecule has 27 heavy (non-hydrogen) atoms.